The molecule has 2 aromatic rings. The molecule has 0 aliphatic rings. The lowest BCUT2D eigenvalue weighted by molar-refractivity contribution is -0.113. The van der Waals surface area contributed by atoms with Gasteiger partial charge >= 0.3 is 0 Å². The van der Waals surface area contributed by atoms with Gasteiger partial charge in [0.1, 0.15) is 5.82 Å². The second kappa shape index (κ2) is 6.51. The summed E-state index contributed by atoms with van der Waals surface area (Å²) in [7, 11) is 0. The number of nitrogens with zero attached hydrogens (tertiary/aromatic N) is 2. The molecule has 0 bridgehead atoms. The topological polar surface area (TPSA) is 68.0 Å². The van der Waals surface area contributed by atoms with Crippen molar-refractivity contribution >= 4 is 23.4 Å². The van der Waals surface area contributed by atoms with Crippen LogP contribution in [0.2, 0.25) is 0 Å². The minimum absolute atomic E-state index is 0.126. The summed E-state index contributed by atoms with van der Waals surface area (Å²) < 4.78 is 18.4. The molecule has 1 aromatic carbocycles. The van der Waals surface area contributed by atoms with E-state index >= 15 is 0 Å². The number of amides is 1. The highest BCUT2D eigenvalue weighted by atomic mass is 32.2. The first kappa shape index (κ1) is 14.5. The summed E-state index contributed by atoms with van der Waals surface area (Å²) in [6.45, 7) is 3.70. The number of carbonyl (C=O) groups is 1. The van der Waals surface area contributed by atoms with Crippen molar-refractivity contribution in [3.63, 3.8) is 0 Å². The SMILES string of the molecule is CCc1nnc(SCC(=O)Nc2cc(F)ccc2C)o1. The Balaban J connectivity index is 1.90. The van der Waals surface area contributed by atoms with E-state index in [-0.39, 0.29) is 17.5 Å². The molecule has 0 aliphatic carbocycles. The summed E-state index contributed by atoms with van der Waals surface area (Å²) in [6.07, 6.45) is 0.655. The van der Waals surface area contributed by atoms with Crippen molar-refractivity contribution in [3.8, 4) is 0 Å². The number of aryl methyl sites for hydroxylation is 2. The van der Waals surface area contributed by atoms with Crippen LogP contribution in [0.3, 0.4) is 0 Å². The molecule has 1 amide bonds. The molecule has 20 heavy (non-hydrogen) atoms. The number of halogens is 1. The summed E-state index contributed by atoms with van der Waals surface area (Å²) in [5.41, 5.74) is 1.27. The van der Waals surface area contributed by atoms with Crippen LogP contribution in [0.5, 0.6) is 0 Å². The number of hydrogen-bond acceptors (Lipinski definition) is 5. The van der Waals surface area contributed by atoms with Crippen molar-refractivity contribution in [2.75, 3.05) is 11.1 Å². The van der Waals surface area contributed by atoms with Gasteiger partial charge in [0.25, 0.3) is 5.22 Å². The van der Waals surface area contributed by atoms with Crippen LogP contribution in [0.1, 0.15) is 18.4 Å². The lowest BCUT2D eigenvalue weighted by Crippen LogP contribution is -2.15. The highest BCUT2D eigenvalue weighted by molar-refractivity contribution is 7.99. The van der Waals surface area contributed by atoms with Gasteiger partial charge in [-0.25, -0.2) is 4.39 Å². The van der Waals surface area contributed by atoms with E-state index in [9.17, 15) is 9.18 Å². The fourth-order valence-electron chi connectivity index (χ4n) is 1.48. The molecule has 1 N–H and O–H groups in total. The van der Waals surface area contributed by atoms with Gasteiger partial charge in [-0.3, -0.25) is 4.79 Å². The van der Waals surface area contributed by atoms with E-state index in [1.807, 2.05) is 6.92 Å². The Labute approximate surface area is 120 Å². The first-order valence-electron chi connectivity index (χ1n) is 6.09. The minimum Gasteiger partial charge on any atom is -0.416 e. The van der Waals surface area contributed by atoms with Crippen molar-refractivity contribution in [1.29, 1.82) is 0 Å². The molecule has 0 saturated heterocycles. The van der Waals surface area contributed by atoms with Crippen LogP contribution >= 0.6 is 11.8 Å². The van der Waals surface area contributed by atoms with E-state index in [1.54, 1.807) is 13.0 Å². The standard InChI is InChI=1S/C13H14FN3O2S/c1-3-12-16-17-13(19-12)20-7-11(18)15-10-6-9(14)5-4-8(10)2/h4-6H,3,7H2,1-2H3,(H,15,18). The van der Waals surface area contributed by atoms with Crippen LogP contribution < -0.4 is 5.32 Å². The molecular formula is C13H14FN3O2S. The second-order valence-electron chi connectivity index (χ2n) is 4.11. The molecule has 5 nitrogen and oxygen atoms in total. The van der Waals surface area contributed by atoms with E-state index in [4.69, 9.17) is 4.42 Å². The van der Waals surface area contributed by atoms with Crippen molar-refractivity contribution in [2.24, 2.45) is 0 Å². The molecule has 0 aliphatic heterocycles. The number of benzene rings is 1. The third-order valence-corrected chi connectivity index (χ3v) is 3.37. The van der Waals surface area contributed by atoms with Gasteiger partial charge in [-0.2, -0.15) is 0 Å². The van der Waals surface area contributed by atoms with Crippen molar-refractivity contribution in [1.82, 2.24) is 10.2 Å². The lowest BCUT2D eigenvalue weighted by atomic mass is 10.2. The predicted molar refractivity (Wildman–Crippen MR) is 74.2 cm³/mol. The van der Waals surface area contributed by atoms with Gasteiger partial charge in [0, 0.05) is 12.1 Å². The van der Waals surface area contributed by atoms with Crippen LogP contribution in [0.15, 0.2) is 27.8 Å². The third kappa shape index (κ3) is 3.80. The number of thioether (sulfide) groups is 1. The smallest absolute Gasteiger partial charge is 0.277 e. The largest absolute Gasteiger partial charge is 0.416 e. The molecule has 1 heterocycles. The minimum atomic E-state index is -0.386. The molecular weight excluding hydrogens is 281 g/mol. The quantitative estimate of drug-likeness (QED) is 0.859. The summed E-state index contributed by atoms with van der Waals surface area (Å²) >= 11 is 1.15. The number of aromatic nitrogens is 2. The third-order valence-electron chi connectivity index (χ3n) is 2.55. The first-order valence-corrected chi connectivity index (χ1v) is 7.08. The molecule has 0 unspecified atom stereocenters. The highest BCUT2D eigenvalue weighted by Crippen LogP contribution is 2.19. The van der Waals surface area contributed by atoms with E-state index in [1.165, 1.54) is 12.1 Å². The summed E-state index contributed by atoms with van der Waals surface area (Å²) in [4.78, 5) is 11.8. The average Bonchev–Trinajstić information content (AvgIpc) is 2.89. The van der Waals surface area contributed by atoms with Crippen LogP contribution in [0.4, 0.5) is 10.1 Å². The first-order chi connectivity index (χ1) is 9.58. The second-order valence-corrected chi connectivity index (χ2v) is 5.04. The fraction of sp³-hybridized carbons (Fsp3) is 0.308. The normalized spacial score (nSPS) is 10.6. The van der Waals surface area contributed by atoms with Gasteiger partial charge < -0.3 is 9.73 Å². The van der Waals surface area contributed by atoms with Gasteiger partial charge in [0.05, 0.1) is 5.75 Å². The van der Waals surface area contributed by atoms with Crippen molar-refractivity contribution in [3.05, 3.63) is 35.5 Å². The number of rotatable bonds is 5. The maximum Gasteiger partial charge on any atom is 0.277 e. The molecule has 7 heteroatoms. The van der Waals surface area contributed by atoms with Gasteiger partial charge in [0.15, 0.2) is 0 Å². The maximum absolute atomic E-state index is 13.1. The van der Waals surface area contributed by atoms with Crippen molar-refractivity contribution in [2.45, 2.75) is 25.5 Å². The van der Waals surface area contributed by atoms with E-state index in [0.29, 0.717) is 23.2 Å². The van der Waals surface area contributed by atoms with Crippen LogP contribution in [0, 0.1) is 12.7 Å². The Morgan fingerprint density at radius 2 is 2.25 bits per heavy atom. The molecule has 0 saturated carbocycles. The number of carbonyl (C=O) groups excluding carboxylic acids is 1. The lowest BCUT2D eigenvalue weighted by Gasteiger charge is -2.07. The van der Waals surface area contributed by atoms with Gasteiger partial charge in [0.2, 0.25) is 11.8 Å². The highest BCUT2D eigenvalue weighted by Gasteiger charge is 2.10. The Bertz CT molecular complexity index is 615. The summed E-state index contributed by atoms with van der Waals surface area (Å²) in [5.74, 6) is 0.0262. The summed E-state index contributed by atoms with van der Waals surface area (Å²) in [5, 5.41) is 10.6. The van der Waals surface area contributed by atoms with Gasteiger partial charge in [-0.15, -0.1) is 10.2 Å². The zero-order chi connectivity index (χ0) is 14.5. The molecule has 0 fully saturated rings. The molecule has 2 rings (SSSR count). The average molecular weight is 295 g/mol. The molecule has 0 radical (unpaired) electrons. The van der Waals surface area contributed by atoms with E-state index < -0.39 is 0 Å². The van der Waals surface area contributed by atoms with E-state index in [0.717, 1.165) is 17.3 Å². The monoisotopic (exact) mass is 295 g/mol. The molecule has 0 spiro atoms. The van der Waals surface area contributed by atoms with E-state index in [2.05, 4.69) is 15.5 Å². The predicted octanol–water partition coefficient (Wildman–Crippen LogP) is 2.81. The van der Waals surface area contributed by atoms with Crippen LogP contribution in [-0.4, -0.2) is 21.9 Å². The Hall–Kier alpha value is -1.89. The zero-order valence-corrected chi connectivity index (χ0v) is 12.0. The molecule has 0 atom stereocenters. The van der Waals surface area contributed by atoms with Gasteiger partial charge in [-0.1, -0.05) is 24.8 Å². The van der Waals surface area contributed by atoms with Crippen LogP contribution in [0.25, 0.3) is 0 Å². The summed E-state index contributed by atoms with van der Waals surface area (Å²) in [6, 6.07) is 4.26. The Morgan fingerprint density at radius 1 is 1.45 bits per heavy atom. The number of anilines is 1. The van der Waals surface area contributed by atoms with Crippen molar-refractivity contribution < 1.29 is 13.6 Å². The molecule has 1 aromatic heterocycles. The molecule has 106 valence electrons. The Morgan fingerprint density at radius 3 is 2.95 bits per heavy atom. The van der Waals surface area contributed by atoms with Gasteiger partial charge in [-0.05, 0) is 24.6 Å². The van der Waals surface area contributed by atoms with Crippen LogP contribution in [-0.2, 0) is 11.2 Å². The number of hydrogen-bond donors (Lipinski definition) is 1. The fourth-order valence-corrected chi connectivity index (χ4v) is 2.06. The number of nitrogens with one attached hydrogen (secondary N) is 1. The maximum atomic E-state index is 13.1. The zero-order valence-electron chi connectivity index (χ0n) is 11.1. The Kier molecular flexibility index (Phi) is 4.73.